The van der Waals surface area contributed by atoms with Crippen LogP contribution in [0.5, 0.6) is 0 Å². The Morgan fingerprint density at radius 2 is 1.00 bits per heavy atom. The van der Waals surface area contributed by atoms with Gasteiger partial charge < -0.3 is 12.3 Å². The van der Waals surface area contributed by atoms with Gasteiger partial charge in [0, 0.05) is 0 Å². The van der Waals surface area contributed by atoms with E-state index in [1.54, 1.807) is 0 Å². The summed E-state index contributed by atoms with van der Waals surface area (Å²) in [5.41, 5.74) is 0. The summed E-state index contributed by atoms with van der Waals surface area (Å²) >= 11 is 0. The normalized spacial score (nSPS) is 5.80. The number of rotatable bonds is 0. The van der Waals surface area contributed by atoms with E-state index < -0.39 is 10.4 Å². The van der Waals surface area contributed by atoms with E-state index in [1.807, 2.05) is 0 Å². The fourth-order valence-corrected chi connectivity index (χ4v) is 0. The Kier molecular flexibility index (Phi) is 69.1. The van der Waals surface area contributed by atoms with Crippen molar-refractivity contribution in [2.75, 3.05) is 0 Å². The van der Waals surface area contributed by atoms with Gasteiger partial charge in [-0.15, -0.1) is 12.4 Å². The van der Waals surface area contributed by atoms with Crippen molar-refractivity contribution in [3.8, 4) is 0 Å². The molecule has 10 heavy (non-hydrogen) atoms. The molecule has 0 saturated heterocycles. The monoisotopic (exact) mass is 242 g/mol. The number of hydrogen-bond acceptors (Lipinski definition) is 4. The Balaban J connectivity index is -0.00000000800. The molecular weight excluding hydrogens is 230 g/mol. The molecule has 1 atom stereocenters. The van der Waals surface area contributed by atoms with Gasteiger partial charge in [-0.1, -0.05) is 0 Å². The van der Waals surface area contributed by atoms with Gasteiger partial charge in [-0.05, 0) is 0 Å². The standard InChI is InChI=1S/ClH.K.2H3N.H2O4S.H3P.H/c;;;;1-5(2,3)4;;/h1H;;2*1H3;(H2,1,2,3,4);1H3;. The van der Waals surface area contributed by atoms with Crippen LogP contribution in [0.1, 0.15) is 0 Å². The molecule has 0 aromatic carbocycles. The van der Waals surface area contributed by atoms with Gasteiger partial charge in [0.15, 0.2) is 0 Å². The minimum atomic E-state index is -4.67. The average Bonchev–Trinajstić information content (AvgIpc) is 0.722. The summed E-state index contributed by atoms with van der Waals surface area (Å²) < 4.78 is 31.6. The Hall–Kier alpha value is 2.15. The van der Waals surface area contributed by atoms with E-state index >= 15 is 0 Å². The van der Waals surface area contributed by atoms with Gasteiger partial charge in [-0.25, -0.2) is 0 Å². The molecule has 0 aromatic heterocycles. The summed E-state index contributed by atoms with van der Waals surface area (Å²) in [5, 5.41) is 0. The zero-order valence-corrected chi connectivity index (χ0v) is 7.70. The zero-order valence-electron chi connectivity index (χ0n) is 4.65. The Labute approximate surface area is 112 Å². The molecule has 0 aliphatic carbocycles. The third-order valence-corrected chi connectivity index (χ3v) is 0. The van der Waals surface area contributed by atoms with Crippen LogP contribution < -0.4 is 12.3 Å². The van der Waals surface area contributed by atoms with Gasteiger partial charge in [0.25, 0.3) is 0 Å². The van der Waals surface area contributed by atoms with Crippen molar-refractivity contribution in [3.63, 3.8) is 0 Å². The third-order valence-electron chi connectivity index (χ3n) is 0. The van der Waals surface area contributed by atoms with E-state index in [9.17, 15) is 0 Å². The van der Waals surface area contributed by atoms with Crippen molar-refractivity contribution in [3.05, 3.63) is 0 Å². The van der Waals surface area contributed by atoms with E-state index in [1.165, 1.54) is 0 Å². The topological polar surface area (TPSA) is 145 Å². The van der Waals surface area contributed by atoms with Gasteiger partial charge in [-0.3, -0.25) is 9.11 Å². The zero-order chi connectivity index (χ0) is 4.50. The first-order valence-electron chi connectivity index (χ1n) is 0.698. The van der Waals surface area contributed by atoms with Crippen LogP contribution in [-0.2, 0) is 10.4 Å². The first kappa shape index (κ1) is 39.9. The molecule has 0 aliphatic heterocycles. The van der Waals surface area contributed by atoms with Crippen LogP contribution in [0.4, 0.5) is 0 Å². The molecule has 0 saturated carbocycles. The molecule has 8 N–H and O–H groups in total. The molecule has 0 aromatic rings. The predicted molar refractivity (Wildman–Crippen MR) is 49.7 cm³/mol. The van der Waals surface area contributed by atoms with Gasteiger partial charge >= 0.3 is 61.8 Å². The Morgan fingerprint density at radius 1 is 1.00 bits per heavy atom. The quantitative estimate of drug-likeness (QED) is 0.256. The fraction of sp³-hybridized carbons (Fsp3) is 0. The molecule has 0 bridgehead atoms. The molecule has 6 nitrogen and oxygen atoms in total. The van der Waals surface area contributed by atoms with Crippen molar-refractivity contribution >= 4 is 84.1 Å². The number of halogens is 1. The van der Waals surface area contributed by atoms with Crippen molar-refractivity contribution in [2.24, 2.45) is 0 Å². The maximum atomic E-state index is 8.74. The third kappa shape index (κ3) is 184. The molecule has 0 amide bonds. The minimum absolute atomic E-state index is 0. The van der Waals surface area contributed by atoms with E-state index in [-0.39, 0.29) is 86.0 Å². The number of hydrogen-bond donors (Lipinski definition) is 4. The van der Waals surface area contributed by atoms with Gasteiger partial charge in [0.2, 0.25) is 0 Å². The summed E-state index contributed by atoms with van der Waals surface area (Å²) in [6.45, 7) is 0. The molecule has 1 unspecified atom stereocenters. The van der Waals surface area contributed by atoms with E-state index in [4.69, 9.17) is 17.5 Å². The predicted octanol–water partition coefficient (Wildman–Crippen LogP) is -0.497. The van der Waals surface area contributed by atoms with Crippen molar-refractivity contribution < 1.29 is 17.5 Å². The van der Waals surface area contributed by atoms with Gasteiger partial charge in [-0.2, -0.15) is 18.3 Å². The van der Waals surface area contributed by atoms with Crippen LogP contribution in [-0.4, -0.2) is 68.9 Å². The van der Waals surface area contributed by atoms with Crippen molar-refractivity contribution in [2.45, 2.75) is 0 Å². The van der Waals surface area contributed by atoms with Gasteiger partial charge in [0.05, 0.1) is 0 Å². The van der Waals surface area contributed by atoms with E-state index in [2.05, 4.69) is 0 Å². The molecule has 0 rings (SSSR count). The maximum absolute atomic E-state index is 8.74. The molecule has 0 radical (unpaired) electrons. The first-order chi connectivity index (χ1) is 2.00. The van der Waals surface area contributed by atoms with Crippen LogP contribution in [0.2, 0.25) is 0 Å². The SMILES string of the molecule is Cl.N.N.O=S(=O)(O)O.P.[KH]. The average molecular weight is 243 g/mol. The van der Waals surface area contributed by atoms with Crippen molar-refractivity contribution in [1.29, 1.82) is 0 Å². The van der Waals surface area contributed by atoms with Crippen LogP contribution in [0.25, 0.3) is 0 Å². The fourth-order valence-electron chi connectivity index (χ4n) is 0. The molecule has 0 fully saturated rings. The van der Waals surface area contributed by atoms with Crippen LogP contribution >= 0.6 is 22.3 Å². The molecule has 10 heteroatoms. The second kappa shape index (κ2) is 17.3. The molecule has 0 aliphatic rings. The first-order valence-corrected chi connectivity index (χ1v) is 2.10. The second-order valence-corrected chi connectivity index (χ2v) is 1.34. The summed E-state index contributed by atoms with van der Waals surface area (Å²) in [5.74, 6) is 0. The summed E-state index contributed by atoms with van der Waals surface area (Å²) in [6.07, 6.45) is 0. The summed E-state index contributed by atoms with van der Waals surface area (Å²) in [6, 6.07) is 0. The van der Waals surface area contributed by atoms with Crippen LogP contribution in [0.15, 0.2) is 0 Å². The second-order valence-electron chi connectivity index (χ2n) is 0.448. The van der Waals surface area contributed by atoms with Crippen LogP contribution in [0.3, 0.4) is 0 Å². The van der Waals surface area contributed by atoms with E-state index in [0.29, 0.717) is 0 Å². The van der Waals surface area contributed by atoms with Gasteiger partial charge in [0.1, 0.15) is 0 Å². The summed E-state index contributed by atoms with van der Waals surface area (Å²) in [7, 11) is -4.67. The summed E-state index contributed by atoms with van der Waals surface area (Å²) in [4.78, 5) is 0. The van der Waals surface area contributed by atoms with Crippen LogP contribution in [0, 0.1) is 0 Å². The molecule has 0 spiro atoms. The molecular formula is H13ClKN2O4PS. The Morgan fingerprint density at radius 3 is 1.00 bits per heavy atom. The molecule has 0 heterocycles. The molecule has 66 valence electrons. The van der Waals surface area contributed by atoms with Crippen molar-refractivity contribution in [1.82, 2.24) is 12.3 Å². The Bertz CT molecular complexity index is 106. The van der Waals surface area contributed by atoms with E-state index in [0.717, 1.165) is 0 Å².